The van der Waals surface area contributed by atoms with E-state index in [1.165, 1.54) is 11.7 Å². The third-order valence-electron chi connectivity index (χ3n) is 2.56. The lowest BCUT2D eigenvalue weighted by atomic mass is 10.2. The van der Waals surface area contributed by atoms with Crippen LogP contribution in [0.2, 0.25) is 5.02 Å². The van der Waals surface area contributed by atoms with Crippen molar-refractivity contribution >= 4 is 31.3 Å². The Balaban J connectivity index is 2.53. The van der Waals surface area contributed by atoms with Crippen molar-refractivity contribution in [1.82, 2.24) is 14.8 Å². The van der Waals surface area contributed by atoms with Gasteiger partial charge in [-0.15, -0.1) is 10.2 Å². The zero-order chi connectivity index (χ0) is 14.8. The number of hydrogen-bond acceptors (Lipinski definition) is 5. The summed E-state index contributed by atoms with van der Waals surface area (Å²) in [6.45, 7) is 0.570. The minimum absolute atomic E-state index is 0.267. The Hall–Kier alpha value is -1.15. The first-order valence-electron chi connectivity index (χ1n) is 5.56. The lowest BCUT2D eigenvalue weighted by molar-refractivity contribution is 0.185. The Morgan fingerprint density at radius 3 is 2.45 bits per heavy atom. The summed E-state index contributed by atoms with van der Waals surface area (Å²) in [5.41, 5.74) is 0.685. The molecule has 20 heavy (non-hydrogen) atoms. The van der Waals surface area contributed by atoms with Crippen molar-refractivity contribution < 1.29 is 13.2 Å². The lowest BCUT2D eigenvalue weighted by Crippen LogP contribution is -2.11. The smallest absolute Gasteiger partial charge is 0.296 e. The van der Waals surface area contributed by atoms with Gasteiger partial charge in [-0.1, -0.05) is 11.6 Å². The molecule has 2 rings (SSSR count). The number of rotatable bonds is 5. The van der Waals surface area contributed by atoms with Crippen LogP contribution in [0, 0.1) is 0 Å². The maximum atomic E-state index is 11.5. The summed E-state index contributed by atoms with van der Waals surface area (Å²) in [6, 6.07) is 6.81. The van der Waals surface area contributed by atoms with Crippen LogP contribution in [0.25, 0.3) is 11.4 Å². The van der Waals surface area contributed by atoms with Crippen LogP contribution in [-0.4, -0.2) is 36.9 Å². The standard InChI is InChI=1S/C11H11Cl2N3O3S/c1-19-7-6-16-10(8-2-4-9(12)5-3-8)14-15-11(16)20(13,17)18/h2-5H,6-7H2,1H3. The highest BCUT2D eigenvalue weighted by atomic mass is 35.7. The van der Waals surface area contributed by atoms with E-state index < -0.39 is 9.05 Å². The number of nitrogens with zero attached hydrogens (tertiary/aromatic N) is 3. The van der Waals surface area contributed by atoms with Crippen LogP contribution in [0.5, 0.6) is 0 Å². The lowest BCUT2D eigenvalue weighted by Gasteiger charge is -2.08. The molecule has 0 aliphatic rings. The summed E-state index contributed by atoms with van der Waals surface area (Å²) in [5.74, 6) is 0.387. The van der Waals surface area contributed by atoms with Crippen LogP contribution < -0.4 is 0 Å². The van der Waals surface area contributed by atoms with Gasteiger partial charge in [-0.2, -0.15) is 0 Å². The molecule has 0 spiro atoms. The molecule has 0 atom stereocenters. The van der Waals surface area contributed by atoms with Crippen molar-refractivity contribution in [2.45, 2.75) is 11.7 Å². The first-order chi connectivity index (χ1) is 9.43. The Bertz CT molecular complexity index is 698. The number of ether oxygens (including phenoxy) is 1. The maximum absolute atomic E-state index is 11.5. The van der Waals surface area contributed by atoms with E-state index >= 15 is 0 Å². The fourth-order valence-corrected chi connectivity index (χ4v) is 2.71. The number of halogens is 2. The SMILES string of the molecule is COCCn1c(-c2ccc(Cl)cc2)nnc1S(=O)(=O)Cl. The molecule has 2 aromatic rings. The van der Waals surface area contributed by atoms with E-state index in [2.05, 4.69) is 10.2 Å². The minimum Gasteiger partial charge on any atom is -0.383 e. The molecule has 0 unspecified atom stereocenters. The molecule has 0 aliphatic heterocycles. The van der Waals surface area contributed by atoms with Crippen molar-refractivity contribution in [1.29, 1.82) is 0 Å². The molecule has 1 aromatic heterocycles. The van der Waals surface area contributed by atoms with E-state index in [1.54, 1.807) is 24.3 Å². The van der Waals surface area contributed by atoms with Crippen molar-refractivity contribution in [2.24, 2.45) is 0 Å². The molecule has 0 aliphatic carbocycles. The van der Waals surface area contributed by atoms with Gasteiger partial charge in [0.15, 0.2) is 5.82 Å². The summed E-state index contributed by atoms with van der Waals surface area (Å²) in [7, 11) is 2.89. The van der Waals surface area contributed by atoms with Crippen LogP contribution in [0.1, 0.15) is 0 Å². The van der Waals surface area contributed by atoms with Gasteiger partial charge in [-0.3, -0.25) is 4.57 Å². The van der Waals surface area contributed by atoms with E-state index in [4.69, 9.17) is 27.0 Å². The second kappa shape index (κ2) is 6.09. The topological polar surface area (TPSA) is 74.1 Å². The molecule has 6 nitrogen and oxygen atoms in total. The maximum Gasteiger partial charge on any atom is 0.296 e. The molecular weight excluding hydrogens is 325 g/mol. The van der Waals surface area contributed by atoms with Crippen molar-refractivity contribution in [3.05, 3.63) is 29.3 Å². The zero-order valence-electron chi connectivity index (χ0n) is 10.5. The third-order valence-corrected chi connectivity index (χ3v) is 3.96. The molecule has 0 saturated carbocycles. The summed E-state index contributed by atoms with van der Waals surface area (Å²) < 4.78 is 29.3. The predicted octanol–water partition coefficient (Wildman–Crippen LogP) is 2.17. The molecule has 0 saturated heterocycles. The third kappa shape index (κ3) is 3.29. The monoisotopic (exact) mass is 335 g/mol. The van der Waals surface area contributed by atoms with Crippen LogP contribution in [0.3, 0.4) is 0 Å². The number of benzene rings is 1. The Morgan fingerprint density at radius 1 is 1.25 bits per heavy atom. The van der Waals surface area contributed by atoms with E-state index in [-0.39, 0.29) is 11.7 Å². The Morgan fingerprint density at radius 2 is 1.90 bits per heavy atom. The fourth-order valence-electron chi connectivity index (χ4n) is 1.67. The van der Waals surface area contributed by atoms with Crippen LogP contribution in [-0.2, 0) is 20.3 Å². The van der Waals surface area contributed by atoms with E-state index in [0.29, 0.717) is 23.0 Å². The molecular formula is C11H11Cl2N3O3S. The van der Waals surface area contributed by atoms with Gasteiger partial charge in [-0.25, -0.2) is 8.42 Å². The van der Waals surface area contributed by atoms with Gasteiger partial charge >= 0.3 is 0 Å². The molecule has 0 amide bonds. The predicted molar refractivity (Wildman–Crippen MR) is 75.4 cm³/mol. The summed E-state index contributed by atoms with van der Waals surface area (Å²) in [6.07, 6.45) is 0. The largest absolute Gasteiger partial charge is 0.383 e. The highest BCUT2D eigenvalue weighted by molar-refractivity contribution is 8.13. The average Bonchev–Trinajstić information content (AvgIpc) is 2.81. The molecule has 0 fully saturated rings. The number of hydrogen-bond donors (Lipinski definition) is 0. The Labute approximate surface area is 125 Å². The van der Waals surface area contributed by atoms with E-state index in [0.717, 1.165) is 0 Å². The molecule has 0 radical (unpaired) electrons. The van der Waals surface area contributed by atoms with E-state index in [1.807, 2.05) is 0 Å². The Kier molecular flexibility index (Phi) is 4.64. The molecule has 1 heterocycles. The van der Waals surface area contributed by atoms with Gasteiger partial charge in [0.1, 0.15) is 0 Å². The molecule has 108 valence electrons. The number of aromatic nitrogens is 3. The molecule has 0 N–H and O–H groups in total. The second-order valence-corrected chi connectivity index (χ2v) is 6.79. The summed E-state index contributed by atoms with van der Waals surface area (Å²) in [5, 5.41) is 7.80. The first-order valence-corrected chi connectivity index (χ1v) is 8.25. The zero-order valence-corrected chi connectivity index (χ0v) is 12.8. The van der Waals surface area contributed by atoms with Gasteiger partial charge < -0.3 is 4.74 Å². The van der Waals surface area contributed by atoms with Crippen molar-refractivity contribution in [3.8, 4) is 11.4 Å². The number of methoxy groups -OCH3 is 1. The van der Waals surface area contributed by atoms with Crippen molar-refractivity contribution in [3.63, 3.8) is 0 Å². The van der Waals surface area contributed by atoms with Crippen LogP contribution in [0.15, 0.2) is 29.4 Å². The fraction of sp³-hybridized carbons (Fsp3) is 0.273. The highest BCUT2D eigenvalue weighted by Gasteiger charge is 2.23. The minimum atomic E-state index is -3.98. The van der Waals surface area contributed by atoms with E-state index in [9.17, 15) is 8.42 Å². The van der Waals surface area contributed by atoms with Crippen molar-refractivity contribution in [2.75, 3.05) is 13.7 Å². The van der Waals surface area contributed by atoms with Gasteiger partial charge in [0.25, 0.3) is 14.2 Å². The average molecular weight is 336 g/mol. The summed E-state index contributed by atoms with van der Waals surface area (Å²) in [4.78, 5) is 0. The van der Waals surface area contributed by atoms with Crippen LogP contribution in [0.4, 0.5) is 0 Å². The second-order valence-electron chi connectivity index (χ2n) is 3.90. The molecule has 0 bridgehead atoms. The van der Waals surface area contributed by atoms with Gasteiger partial charge in [0.2, 0.25) is 0 Å². The van der Waals surface area contributed by atoms with Gasteiger partial charge in [0, 0.05) is 28.4 Å². The van der Waals surface area contributed by atoms with Crippen LogP contribution >= 0.6 is 22.3 Å². The molecule has 9 heteroatoms. The quantitative estimate of drug-likeness (QED) is 0.783. The van der Waals surface area contributed by atoms with Gasteiger partial charge in [0.05, 0.1) is 13.2 Å². The normalized spacial score (nSPS) is 11.8. The molecule has 1 aromatic carbocycles. The highest BCUT2D eigenvalue weighted by Crippen LogP contribution is 2.23. The van der Waals surface area contributed by atoms with Gasteiger partial charge in [-0.05, 0) is 24.3 Å². The first kappa shape index (κ1) is 15.2. The summed E-state index contributed by atoms with van der Waals surface area (Å²) >= 11 is 5.82.